The standard InChI is InChI=1S/C10H17N3S/c1-7(2)9-12-13-10(14-9)11-8-5-3-4-6-8/h7-8H,3-6H2,1-2H3,(H,11,13). The van der Waals surface area contributed by atoms with E-state index in [9.17, 15) is 0 Å². The zero-order chi connectivity index (χ0) is 9.97. The van der Waals surface area contributed by atoms with Crippen LogP contribution in [0.1, 0.15) is 50.5 Å². The summed E-state index contributed by atoms with van der Waals surface area (Å²) in [5.74, 6) is 0.492. The van der Waals surface area contributed by atoms with Crippen LogP contribution in [-0.4, -0.2) is 16.2 Å². The lowest BCUT2D eigenvalue weighted by molar-refractivity contribution is 0.750. The van der Waals surface area contributed by atoms with Gasteiger partial charge in [0, 0.05) is 12.0 Å². The fourth-order valence-corrected chi connectivity index (χ4v) is 2.59. The predicted molar refractivity (Wildman–Crippen MR) is 59.9 cm³/mol. The topological polar surface area (TPSA) is 37.8 Å². The Hall–Kier alpha value is -0.640. The van der Waals surface area contributed by atoms with Gasteiger partial charge in [-0.1, -0.05) is 38.0 Å². The van der Waals surface area contributed by atoms with Crippen molar-refractivity contribution in [3.05, 3.63) is 5.01 Å². The number of hydrogen-bond acceptors (Lipinski definition) is 4. The van der Waals surface area contributed by atoms with Crippen LogP contribution in [0.5, 0.6) is 0 Å². The van der Waals surface area contributed by atoms with Crippen LogP contribution in [0.3, 0.4) is 0 Å². The summed E-state index contributed by atoms with van der Waals surface area (Å²) in [4.78, 5) is 0. The fourth-order valence-electron chi connectivity index (χ4n) is 1.77. The fraction of sp³-hybridized carbons (Fsp3) is 0.800. The zero-order valence-electron chi connectivity index (χ0n) is 8.79. The summed E-state index contributed by atoms with van der Waals surface area (Å²) in [7, 11) is 0. The van der Waals surface area contributed by atoms with Gasteiger partial charge in [0.25, 0.3) is 0 Å². The monoisotopic (exact) mass is 211 g/mol. The first kappa shape index (κ1) is 9.90. The minimum absolute atomic E-state index is 0.492. The Morgan fingerprint density at radius 1 is 1.29 bits per heavy atom. The van der Waals surface area contributed by atoms with E-state index >= 15 is 0 Å². The second kappa shape index (κ2) is 4.26. The molecule has 78 valence electrons. The van der Waals surface area contributed by atoms with E-state index in [1.165, 1.54) is 25.7 Å². The average Bonchev–Trinajstić information content (AvgIpc) is 2.75. The SMILES string of the molecule is CC(C)c1nnc(NC2CCCC2)s1. The predicted octanol–water partition coefficient (Wildman–Crippen LogP) is 3.02. The molecule has 1 aromatic rings. The summed E-state index contributed by atoms with van der Waals surface area (Å²) in [6.07, 6.45) is 5.29. The lowest BCUT2D eigenvalue weighted by Crippen LogP contribution is -2.13. The van der Waals surface area contributed by atoms with Gasteiger partial charge in [-0.15, -0.1) is 10.2 Å². The van der Waals surface area contributed by atoms with Crippen molar-refractivity contribution in [2.24, 2.45) is 0 Å². The first-order valence-corrected chi connectivity index (χ1v) is 6.17. The van der Waals surface area contributed by atoms with Gasteiger partial charge in [0.05, 0.1) is 0 Å². The molecule has 0 spiro atoms. The second-order valence-electron chi connectivity index (χ2n) is 4.23. The van der Waals surface area contributed by atoms with Crippen LogP contribution in [-0.2, 0) is 0 Å². The van der Waals surface area contributed by atoms with Gasteiger partial charge < -0.3 is 5.32 Å². The minimum Gasteiger partial charge on any atom is -0.357 e. The number of nitrogens with zero attached hydrogens (tertiary/aromatic N) is 2. The van der Waals surface area contributed by atoms with Crippen molar-refractivity contribution >= 4 is 16.5 Å². The Morgan fingerprint density at radius 3 is 2.57 bits per heavy atom. The van der Waals surface area contributed by atoms with E-state index < -0.39 is 0 Å². The van der Waals surface area contributed by atoms with E-state index in [2.05, 4.69) is 29.4 Å². The Balaban J connectivity index is 1.95. The minimum atomic E-state index is 0.492. The molecule has 1 N–H and O–H groups in total. The van der Waals surface area contributed by atoms with Gasteiger partial charge in [-0.25, -0.2) is 0 Å². The molecule has 1 aromatic heterocycles. The smallest absolute Gasteiger partial charge is 0.205 e. The molecule has 0 bridgehead atoms. The van der Waals surface area contributed by atoms with Crippen LogP contribution in [0, 0.1) is 0 Å². The van der Waals surface area contributed by atoms with E-state index in [4.69, 9.17) is 0 Å². The number of nitrogens with one attached hydrogen (secondary N) is 1. The quantitative estimate of drug-likeness (QED) is 0.835. The molecule has 0 aliphatic heterocycles. The first-order valence-electron chi connectivity index (χ1n) is 5.35. The third-order valence-electron chi connectivity index (χ3n) is 2.62. The molecule has 2 rings (SSSR count). The highest BCUT2D eigenvalue weighted by atomic mass is 32.1. The average molecular weight is 211 g/mol. The highest BCUT2D eigenvalue weighted by Gasteiger charge is 2.16. The molecule has 1 aliphatic rings. The molecule has 1 heterocycles. The summed E-state index contributed by atoms with van der Waals surface area (Å²) >= 11 is 1.69. The molecule has 0 radical (unpaired) electrons. The lowest BCUT2D eigenvalue weighted by atomic mass is 10.2. The van der Waals surface area contributed by atoms with Crippen molar-refractivity contribution < 1.29 is 0 Å². The molecule has 0 amide bonds. The van der Waals surface area contributed by atoms with Gasteiger partial charge in [0.1, 0.15) is 5.01 Å². The van der Waals surface area contributed by atoms with Crippen molar-refractivity contribution in [3.63, 3.8) is 0 Å². The Bertz CT molecular complexity index is 289. The Kier molecular flexibility index (Phi) is 3.01. The van der Waals surface area contributed by atoms with Crippen molar-refractivity contribution in [3.8, 4) is 0 Å². The van der Waals surface area contributed by atoms with Crippen LogP contribution >= 0.6 is 11.3 Å². The van der Waals surface area contributed by atoms with Gasteiger partial charge in [0.2, 0.25) is 5.13 Å². The van der Waals surface area contributed by atoms with Crippen LogP contribution in [0.4, 0.5) is 5.13 Å². The summed E-state index contributed by atoms with van der Waals surface area (Å²) in [6.45, 7) is 4.31. The number of rotatable bonds is 3. The van der Waals surface area contributed by atoms with Crippen molar-refractivity contribution in [1.29, 1.82) is 0 Å². The molecule has 0 atom stereocenters. The van der Waals surface area contributed by atoms with Crippen molar-refractivity contribution in [2.45, 2.75) is 51.5 Å². The third-order valence-corrected chi connectivity index (χ3v) is 3.77. The van der Waals surface area contributed by atoms with Crippen LogP contribution < -0.4 is 5.32 Å². The summed E-state index contributed by atoms with van der Waals surface area (Å²) in [5.41, 5.74) is 0. The summed E-state index contributed by atoms with van der Waals surface area (Å²) in [6, 6.07) is 0.642. The molecular formula is C10H17N3S. The van der Waals surface area contributed by atoms with E-state index in [0.29, 0.717) is 12.0 Å². The van der Waals surface area contributed by atoms with Crippen LogP contribution in [0.25, 0.3) is 0 Å². The molecular weight excluding hydrogens is 194 g/mol. The molecule has 0 saturated heterocycles. The van der Waals surface area contributed by atoms with E-state index in [1.54, 1.807) is 11.3 Å². The summed E-state index contributed by atoms with van der Waals surface area (Å²) < 4.78 is 0. The molecule has 1 aliphatic carbocycles. The maximum absolute atomic E-state index is 4.16. The normalized spacial score (nSPS) is 17.9. The first-order chi connectivity index (χ1) is 6.75. The zero-order valence-corrected chi connectivity index (χ0v) is 9.60. The van der Waals surface area contributed by atoms with Crippen molar-refractivity contribution in [2.75, 3.05) is 5.32 Å². The highest BCUT2D eigenvalue weighted by Crippen LogP contribution is 2.26. The Labute approximate surface area is 88.9 Å². The largest absolute Gasteiger partial charge is 0.357 e. The van der Waals surface area contributed by atoms with Gasteiger partial charge in [0.15, 0.2) is 0 Å². The van der Waals surface area contributed by atoms with Crippen LogP contribution in [0.15, 0.2) is 0 Å². The van der Waals surface area contributed by atoms with Crippen molar-refractivity contribution in [1.82, 2.24) is 10.2 Å². The van der Waals surface area contributed by atoms with Gasteiger partial charge >= 0.3 is 0 Å². The molecule has 14 heavy (non-hydrogen) atoms. The van der Waals surface area contributed by atoms with E-state index in [1.807, 2.05) is 0 Å². The maximum atomic E-state index is 4.16. The maximum Gasteiger partial charge on any atom is 0.205 e. The summed E-state index contributed by atoms with van der Waals surface area (Å²) in [5, 5.41) is 13.9. The lowest BCUT2D eigenvalue weighted by Gasteiger charge is -2.08. The third kappa shape index (κ3) is 2.23. The van der Waals surface area contributed by atoms with Crippen LogP contribution in [0.2, 0.25) is 0 Å². The molecule has 3 nitrogen and oxygen atoms in total. The number of hydrogen-bond donors (Lipinski definition) is 1. The molecule has 0 aromatic carbocycles. The second-order valence-corrected chi connectivity index (χ2v) is 5.23. The van der Waals surface area contributed by atoms with Gasteiger partial charge in [-0.3, -0.25) is 0 Å². The molecule has 1 saturated carbocycles. The molecule has 4 heteroatoms. The number of aromatic nitrogens is 2. The van der Waals surface area contributed by atoms with E-state index in [-0.39, 0.29) is 0 Å². The highest BCUT2D eigenvalue weighted by molar-refractivity contribution is 7.15. The number of anilines is 1. The van der Waals surface area contributed by atoms with E-state index in [0.717, 1.165) is 10.1 Å². The van der Waals surface area contributed by atoms with Gasteiger partial charge in [-0.2, -0.15) is 0 Å². The molecule has 0 unspecified atom stereocenters. The molecule has 1 fully saturated rings. The van der Waals surface area contributed by atoms with Gasteiger partial charge in [-0.05, 0) is 12.8 Å². The Morgan fingerprint density at radius 2 is 2.00 bits per heavy atom.